The lowest BCUT2D eigenvalue weighted by atomic mass is 10.00. The third-order valence-electron chi connectivity index (χ3n) is 5.74. The summed E-state index contributed by atoms with van der Waals surface area (Å²) in [6, 6.07) is 5.13. The fourth-order valence-electron chi connectivity index (χ4n) is 4.09. The average Bonchev–Trinajstić information content (AvgIpc) is 2.68. The predicted octanol–water partition coefficient (Wildman–Crippen LogP) is 3.06. The standard InChI is InChI=1S/C20H32N4O/c1-2-19-5-3-4-13-24(19)20(25)22-18-9-15-23(16-10-18)14-8-17-6-11-21-12-7-17/h6-7,11-12,18-19H,2-5,8-10,13-16H2,1H3,(H,22,25). The number of carbonyl (C=O) groups is 1. The molecule has 0 aromatic carbocycles. The van der Waals surface area contributed by atoms with Gasteiger partial charge in [-0.2, -0.15) is 0 Å². The number of carbonyl (C=O) groups excluding carboxylic acids is 1. The molecular formula is C20H32N4O. The summed E-state index contributed by atoms with van der Waals surface area (Å²) in [5.74, 6) is 0. The van der Waals surface area contributed by atoms with Crippen LogP contribution in [0.2, 0.25) is 0 Å². The molecule has 1 aromatic heterocycles. The van der Waals surface area contributed by atoms with Gasteiger partial charge in [-0.25, -0.2) is 4.79 Å². The maximum absolute atomic E-state index is 12.6. The molecule has 1 aromatic rings. The molecule has 2 fully saturated rings. The van der Waals surface area contributed by atoms with Crippen molar-refractivity contribution in [3.8, 4) is 0 Å². The van der Waals surface area contributed by atoms with E-state index in [-0.39, 0.29) is 6.03 Å². The van der Waals surface area contributed by atoms with Crippen molar-refractivity contribution < 1.29 is 4.79 Å². The lowest BCUT2D eigenvalue weighted by Crippen LogP contribution is -2.53. The predicted molar refractivity (Wildman–Crippen MR) is 101 cm³/mol. The molecule has 138 valence electrons. The Balaban J connectivity index is 1.39. The van der Waals surface area contributed by atoms with Crippen molar-refractivity contribution in [2.45, 2.75) is 64.0 Å². The second kappa shape index (κ2) is 9.18. The molecule has 5 heteroatoms. The minimum Gasteiger partial charge on any atom is -0.335 e. The van der Waals surface area contributed by atoms with E-state index in [2.05, 4.69) is 39.2 Å². The first kappa shape index (κ1) is 18.2. The van der Waals surface area contributed by atoms with Crippen molar-refractivity contribution in [3.05, 3.63) is 30.1 Å². The van der Waals surface area contributed by atoms with E-state index in [1.165, 1.54) is 12.0 Å². The van der Waals surface area contributed by atoms with E-state index in [9.17, 15) is 4.79 Å². The summed E-state index contributed by atoms with van der Waals surface area (Å²) in [6.45, 7) is 6.36. The molecule has 0 radical (unpaired) electrons. The summed E-state index contributed by atoms with van der Waals surface area (Å²) in [5, 5.41) is 3.30. The molecular weight excluding hydrogens is 312 g/mol. The van der Waals surface area contributed by atoms with Gasteiger partial charge < -0.3 is 15.1 Å². The van der Waals surface area contributed by atoms with Gasteiger partial charge in [0, 0.05) is 50.7 Å². The molecule has 0 saturated carbocycles. The Morgan fingerprint density at radius 1 is 1.16 bits per heavy atom. The van der Waals surface area contributed by atoms with E-state index in [4.69, 9.17) is 0 Å². The van der Waals surface area contributed by atoms with Crippen LogP contribution in [-0.4, -0.2) is 59.1 Å². The summed E-state index contributed by atoms with van der Waals surface area (Å²) < 4.78 is 0. The number of urea groups is 1. The van der Waals surface area contributed by atoms with Crippen molar-refractivity contribution in [2.75, 3.05) is 26.2 Å². The van der Waals surface area contributed by atoms with Crippen LogP contribution in [0.15, 0.2) is 24.5 Å². The fraction of sp³-hybridized carbons (Fsp3) is 0.700. The van der Waals surface area contributed by atoms with Gasteiger partial charge in [0.2, 0.25) is 0 Å². The Morgan fingerprint density at radius 2 is 1.92 bits per heavy atom. The fourth-order valence-corrected chi connectivity index (χ4v) is 4.09. The van der Waals surface area contributed by atoms with Gasteiger partial charge in [0.1, 0.15) is 0 Å². The molecule has 25 heavy (non-hydrogen) atoms. The first-order valence-corrected chi connectivity index (χ1v) is 9.94. The monoisotopic (exact) mass is 344 g/mol. The van der Waals surface area contributed by atoms with Crippen LogP contribution in [0.5, 0.6) is 0 Å². The lowest BCUT2D eigenvalue weighted by Gasteiger charge is -2.38. The Bertz CT molecular complexity index is 528. The highest BCUT2D eigenvalue weighted by molar-refractivity contribution is 5.75. The Hall–Kier alpha value is -1.62. The number of nitrogens with zero attached hydrogens (tertiary/aromatic N) is 3. The smallest absolute Gasteiger partial charge is 0.317 e. The van der Waals surface area contributed by atoms with Gasteiger partial charge in [-0.1, -0.05) is 6.92 Å². The van der Waals surface area contributed by atoms with Crippen molar-refractivity contribution in [3.63, 3.8) is 0 Å². The van der Waals surface area contributed by atoms with Gasteiger partial charge in [-0.3, -0.25) is 4.98 Å². The van der Waals surface area contributed by atoms with Gasteiger partial charge in [0.05, 0.1) is 0 Å². The normalized spacial score (nSPS) is 22.8. The van der Waals surface area contributed by atoms with Crippen LogP contribution in [0.1, 0.15) is 51.0 Å². The van der Waals surface area contributed by atoms with E-state index < -0.39 is 0 Å². The van der Waals surface area contributed by atoms with Crippen LogP contribution < -0.4 is 5.32 Å². The summed E-state index contributed by atoms with van der Waals surface area (Å²) in [6.07, 6.45) is 11.6. The van der Waals surface area contributed by atoms with Gasteiger partial charge in [-0.15, -0.1) is 0 Å². The van der Waals surface area contributed by atoms with Gasteiger partial charge in [-0.05, 0) is 62.6 Å². The zero-order valence-corrected chi connectivity index (χ0v) is 15.5. The number of aromatic nitrogens is 1. The third kappa shape index (κ3) is 5.18. The Morgan fingerprint density at radius 3 is 2.64 bits per heavy atom. The number of rotatable bonds is 5. The molecule has 0 spiro atoms. The molecule has 2 amide bonds. The maximum Gasteiger partial charge on any atom is 0.317 e. The quantitative estimate of drug-likeness (QED) is 0.893. The third-order valence-corrected chi connectivity index (χ3v) is 5.74. The van der Waals surface area contributed by atoms with Gasteiger partial charge in [0.15, 0.2) is 0 Å². The van der Waals surface area contributed by atoms with Gasteiger partial charge >= 0.3 is 6.03 Å². The van der Waals surface area contributed by atoms with E-state index in [1.807, 2.05) is 12.4 Å². The number of piperidine rings is 2. The molecule has 1 N–H and O–H groups in total. The topological polar surface area (TPSA) is 48.5 Å². The van der Waals surface area contributed by atoms with Crippen LogP contribution >= 0.6 is 0 Å². The molecule has 1 atom stereocenters. The number of hydrogen-bond acceptors (Lipinski definition) is 3. The van der Waals surface area contributed by atoms with Crippen LogP contribution in [0.25, 0.3) is 0 Å². The summed E-state index contributed by atoms with van der Waals surface area (Å²) >= 11 is 0. The number of amides is 2. The van der Waals surface area contributed by atoms with Crippen LogP contribution in [0, 0.1) is 0 Å². The Kier molecular flexibility index (Phi) is 6.68. The van der Waals surface area contributed by atoms with Gasteiger partial charge in [0.25, 0.3) is 0 Å². The molecule has 3 rings (SSSR count). The molecule has 1 unspecified atom stereocenters. The minimum atomic E-state index is 0.168. The van der Waals surface area contributed by atoms with E-state index in [1.54, 1.807) is 0 Å². The van der Waals surface area contributed by atoms with Crippen molar-refractivity contribution in [1.82, 2.24) is 20.1 Å². The summed E-state index contributed by atoms with van der Waals surface area (Å²) in [5.41, 5.74) is 1.35. The average molecular weight is 345 g/mol. The van der Waals surface area contributed by atoms with Crippen molar-refractivity contribution in [1.29, 1.82) is 0 Å². The molecule has 3 heterocycles. The number of nitrogens with one attached hydrogen (secondary N) is 1. The summed E-state index contributed by atoms with van der Waals surface area (Å²) in [4.78, 5) is 21.3. The first-order chi connectivity index (χ1) is 12.3. The highest BCUT2D eigenvalue weighted by Gasteiger charge is 2.28. The first-order valence-electron chi connectivity index (χ1n) is 9.94. The number of hydrogen-bond donors (Lipinski definition) is 1. The molecule has 0 bridgehead atoms. The molecule has 2 aliphatic heterocycles. The number of likely N-dealkylation sites (tertiary alicyclic amines) is 2. The highest BCUT2D eigenvalue weighted by Crippen LogP contribution is 2.20. The SMILES string of the molecule is CCC1CCCCN1C(=O)NC1CCN(CCc2ccncc2)CC1. The van der Waals surface area contributed by atoms with E-state index in [0.717, 1.165) is 64.7 Å². The van der Waals surface area contributed by atoms with Crippen molar-refractivity contribution in [2.24, 2.45) is 0 Å². The highest BCUT2D eigenvalue weighted by atomic mass is 16.2. The second-order valence-corrected chi connectivity index (χ2v) is 7.42. The summed E-state index contributed by atoms with van der Waals surface area (Å²) in [7, 11) is 0. The zero-order chi connectivity index (χ0) is 17.5. The molecule has 2 aliphatic rings. The molecule has 2 saturated heterocycles. The van der Waals surface area contributed by atoms with E-state index in [0.29, 0.717) is 12.1 Å². The minimum absolute atomic E-state index is 0.168. The largest absolute Gasteiger partial charge is 0.335 e. The second-order valence-electron chi connectivity index (χ2n) is 7.42. The van der Waals surface area contributed by atoms with Crippen LogP contribution in [-0.2, 0) is 6.42 Å². The number of pyridine rings is 1. The Labute approximate surface area is 151 Å². The molecule has 5 nitrogen and oxygen atoms in total. The zero-order valence-electron chi connectivity index (χ0n) is 15.5. The lowest BCUT2D eigenvalue weighted by molar-refractivity contribution is 0.137. The molecule has 0 aliphatic carbocycles. The van der Waals surface area contributed by atoms with E-state index >= 15 is 0 Å². The van der Waals surface area contributed by atoms with Crippen LogP contribution in [0.3, 0.4) is 0 Å². The van der Waals surface area contributed by atoms with Crippen molar-refractivity contribution >= 4 is 6.03 Å². The van der Waals surface area contributed by atoms with Crippen LogP contribution in [0.4, 0.5) is 4.79 Å². The maximum atomic E-state index is 12.6.